The molecule has 0 radical (unpaired) electrons. The van der Waals surface area contributed by atoms with Crippen LogP contribution < -0.4 is 10.6 Å². The number of nitrogens with zero attached hydrogens (tertiary/aromatic N) is 4. The number of halogens is 2. The van der Waals surface area contributed by atoms with Crippen LogP contribution in [-0.2, 0) is 29.7 Å². The van der Waals surface area contributed by atoms with Crippen LogP contribution in [0.25, 0.3) is 0 Å². The van der Waals surface area contributed by atoms with Gasteiger partial charge in [0, 0.05) is 31.5 Å². The molecule has 1 fully saturated rings. The second-order valence-corrected chi connectivity index (χ2v) is 8.99. The first-order valence-electron chi connectivity index (χ1n) is 11.8. The lowest BCUT2D eigenvalue weighted by Crippen LogP contribution is -2.47. The molecule has 2 aliphatic rings. The number of guanidine groups is 1. The van der Waals surface area contributed by atoms with Crippen molar-refractivity contribution in [1.82, 2.24) is 25.4 Å². The molecule has 1 aromatic heterocycles. The van der Waals surface area contributed by atoms with Crippen LogP contribution in [0.5, 0.6) is 0 Å². The summed E-state index contributed by atoms with van der Waals surface area (Å²) in [6.45, 7) is 4.71. The Hall–Kier alpha value is -1.75. The van der Waals surface area contributed by atoms with Gasteiger partial charge in [-0.2, -0.15) is 5.10 Å². The molecule has 4 rings (SSSR count). The Labute approximate surface area is 213 Å². The third-order valence-corrected chi connectivity index (χ3v) is 6.65. The van der Waals surface area contributed by atoms with E-state index in [9.17, 15) is 4.39 Å². The van der Waals surface area contributed by atoms with Crippen LogP contribution in [0.2, 0.25) is 0 Å². The highest BCUT2D eigenvalue weighted by Crippen LogP contribution is 2.40. The minimum Gasteiger partial charge on any atom is -0.377 e. The predicted octanol–water partition coefficient (Wildman–Crippen LogP) is 3.95. The van der Waals surface area contributed by atoms with E-state index in [4.69, 9.17) is 9.73 Å². The molecule has 2 heterocycles. The summed E-state index contributed by atoms with van der Waals surface area (Å²) in [5.74, 6) is 2.40. The van der Waals surface area contributed by atoms with Crippen molar-refractivity contribution in [2.45, 2.75) is 76.5 Å². The molecular formula is C24H36FIN6O. The molecule has 1 aromatic carbocycles. The van der Waals surface area contributed by atoms with E-state index >= 15 is 0 Å². The number of aliphatic imine (C=N–C) groups is 1. The fraction of sp³-hybridized carbons (Fsp3) is 0.625. The Kier molecular flexibility index (Phi) is 9.48. The zero-order valence-corrected chi connectivity index (χ0v) is 22.0. The summed E-state index contributed by atoms with van der Waals surface area (Å²) in [7, 11) is 1.66. The molecule has 0 bridgehead atoms. The predicted molar refractivity (Wildman–Crippen MR) is 139 cm³/mol. The minimum absolute atomic E-state index is 0. The van der Waals surface area contributed by atoms with Gasteiger partial charge in [-0.15, -0.1) is 24.0 Å². The molecule has 0 amide bonds. The molecule has 33 heavy (non-hydrogen) atoms. The van der Waals surface area contributed by atoms with E-state index in [0.717, 1.165) is 74.8 Å². The van der Waals surface area contributed by atoms with Crippen LogP contribution >= 0.6 is 24.0 Å². The summed E-state index contributed by atoms with van der Waals surface area (Å²) in [4.78, 5) is 9.57. The lowest BCUT2D eigenvalue weighted by molar-refractivity contribution is 0.177. The van der Waals surface area contributed by atoms with Crippen LogP contribution in [0.3, 0.4) is 0 Å². The third-order valence-electron chi connectivity index (χ3n) is 6.65. The first-order chi connectivity index (χ1) is 15.6. The standard InChI is InChI=1S/C24H35FN6O.HI/c1-3-26-23(28-20-10-11-22-29-21(16-32-2)30-31(22)15-20)27-17-24(12-5-4-6-13-24)18-8-7-9-19(25)14-18;/h7-9,14,20H,3-6,10-13,15-17H2,1-2H3,(H2,26,27,28);1H. The van der Waals surface area contributed by atoms with Gasteiger partial charge in [-0.3, -0.25) is 4.99 Å². The SMILES string of the molecule is CCNC(=NCC1(c2cccc(F)c2)CCCCC1)NC1CCc2nc(COC)nn2C1.I. The van der Waals surface area contributed by atoms with Crippen molar-refractivity contribution >= 4 is 29.9 Å². The van der Waals surface area contributed by atoms with Crippen molar-refractivity contribution in [3.05, 3.63) is 47.3 Å². The summed E-state index contributed by atoms with van der Waals surface area (Å²) in [6.07, 6.45) is 7.52. The van der Waals surface area contributed by atoms with Crippen LogP contribution in [-0.4, -0.2) is 47.0 Å². The van der Waals surface area contributed by atoms with E-state index in [2.05, 4.69) is 33.7 Å². The molecule has 182 valence electrons. The summed E-state index contributed by atoms with van der Waals surface area (Å²) in [5, 5.41) is 11.6. The zero-order chi connectivity index (χ0) is 22.4. The molecule has 1 saturated carbocycles. The normalized spacial score (nSPS) is 20.0. The topological polar surface area (TPSA) is 76.4 Å². The number of aromatic nitrogens is 3. The van der Waals surface area contributed by atoms with Gasteiger partial charge in [0.15, 0.2) is 11.8 Å². The molecule has 1 atom stereocenters. The van der Waals surface area contributed by atoms with Crippen molar-refractivity contribution in [2.75, 3.05) is 20.2 Å². The quantitative estimate of drug-likeness (QED) is 0.300. The monoisotopic (exact) mass is 570 g/mol. The number of fused-ring (bicyclic) bond motifs is 1. The van der Waals surface area contributed by atoms with E-state index < -0.39 is 0 Å². The van der Waals surface area contributed by atoms with Crippen molar-refractivity contribution in [1.29, 1.82) is 0 Å². The smallest absolute Gasteiger partial charge is 0.191 e. The molecule has 2 aromatic rings. The summed E-state index contributed by atoms with van der Waals surface area (Å²) < 4.78 is 21.2. The van der Waals surface area contributed by atoms with Crippen LogP contribution in [0.4, 0.5) is 4.39 Å². The van der Waals surface area contributed by atoms with Crippen molar-refractivity contribution in [2.24, 2.45) is 4.99 Å². The number of benzene rings is 1. The van der Waals surface area contributed by atoms with Crippen LogP contribution in [0.1, 0.15) is 62.7 Å². The third kappa shape index (κ3) is 6.44. The fourth-order valence-corrected chi connectivity index (χ4v) is 5.00. The summed E-state index contributed by atoms with van der Waals surface area (Å²) in [6, 6.07) is 7.34. The highest BCUT2D eigenvalue weighted by molar-refractivity contribution is 14.0. The molecule has 7 nitrogen and oxygen atoms in total. The maximum absolute atomic E-state index is 14.0. The summed E-state index contributed by atoms with van der Waals surface area (Å²) >= 11 is 0. The van der Waals surface area contributed by atoms with Crippen LogP contribution in [0.15, 0.2) is 29.3 Å². The van der Waals surface area contributed by atoms with E-state index in [1.165, 1.54) is 12.5 Å². The molecule has 1 unspecified atom stereocenters. The van der Waals surface area contributed by atoms with Gasteiger partial charge in [0.1, 0.15) is 18.2 Å². The van der Waals surface area contributed by atoms with Gasteiger partial charge in [0.05, 0.1) is 13.1 Å². The van der Waals surface area contributed by atoms with E-state index in [0.29, 0.717) is 13.2 Å². The van der Waals surface area contributed by atoms with Gasteiger partial charge in [0.2, 0.25) is 0 Å². The lowest BCUT2D eigenvalue weighted by atomic mass is 9.69. The van der Waals surface area contributed by atoms with Gasteiger partial charge in [-0.25, -0.2) is 14.1 Å². The van der Waals surface area contributed by atoms with Crippen LogP contribution in [0, 0.1) is 5.82 Å². The number of hydrogen-bond donors (Lipinski definition) is 2. The molecule has 2 N–H and O–H groups in total. The Balaban J connectivity index is 0.00000306. The maximum atomic E-state index is 14.0. The molecular weight excluding hydrogens is 534 g/mol. The van der Waals surface area contributed by atoms with Gasteiger partial charge < -0.3 is 15.4 Å². The average Bonchev–Trinajstić information content (AvgIpc) is 3.20. The number of nitrogens with one attached hydrogen (secondary N) is 2. The largest absolute Gasteiger partial charge is 0.377 e. The first kappa shape index (κ1) is 25.9. The maximum Gasteiger partial charge on any atom is 0.191 e. The van der Waals surface area contributed by atoms with Gasteiger partial charge in [0.25, 0.3) is 0 Å². The van der Waals surface area contributed by atoms with Gasteiger partial charge in [-0.05, 0) is 43.9 Å². The average molecular weight is 570 g/mol. The van der Waals surface area contributed by atoms with E-state index in [-0.39, 0.29) is 41.3 Å². The fourth-order valence-electron chi connectivity index (χ4n) is 5.00. The first-order valence-corrected chi connectivity index (χ1v) is 11.8. The molecule has 9 heteroatoms. The second kappa shape index (κ2) is 12.1. The Morgan fingerprint density at radius 3 is 2.85 bits per heavy atom. The van der Waals surface area contributed by atoms with Crippen molar-refractivity contribution < 1.29 is 9.13 Å². The highest BCUT2D eigenvalue weighted by atomic mass is 127. The van der Waals surface area contributed by atoms with E-state index in [1.807, 2.05) is 10.7 Å². The minimum atomic E-state index is -0.167. The number of methoxy groups -OCH3 is 1. The number of rotatable bonds is 7. The van der Waals surface area contributed by atoms with Crippen molar-refractivity contribution in [3.63, 3.8) is 0 Å². The van der Waals surface area contributed by atoms with E-state index in [1.54, 1.807) is 13.2 Å². The Bertz CT molecular complexity index is 927. The second-order valence-electron chi connectivity index (χ2n) is 8.99. The van der Waals surface area contributed by atoms with Gasteiger partial charge in [-0.1, -0.05) is 31.4 Å². The zero-order valence-electron chi connectivity index (χ0n) is 19.6. The number of hydrogen-bond acceptors (Lipinski definition) is 4. The Morgan fingerprint density at radius 2 is 2.12 bits per heavy atom. The molecule has 0 spiro atoms. The molecule has 0 saturated heterocycles. The summed E-state index contributed by atoms with van der Waals surface area (Å²) in [5.41, 5.74) is 0.982. The molecule has 1 aliphatic carbocycles. The number of ether oxygens (including phenoxy) is 1. The number of aryl methyl sites for hydroxylation is 1. The highest BCUT2D eigenvalue weighted by Gasteiger charge is 2.34. The molecule has 1 aliphatic heterocycles. The Morgan fingerprint density at radius 1 is 1.30 bits per heavy atom. The van der Waals surface area contributed by atoms with Crippen molar-refractivity contribution in [3.8, 4) is 0 Å². The lowest BCUT2D eigenvalue weighted by Gasteiger charge is -2.37. The van der Waals surface area contributed by atoms with Gasteiger partial charge >= 0.3 is 0 Å².